The number of carbonyl (C=O) groups excluding carboxylic acids is 2. The quantitative estimate of drug-likeness (QED) is 0.831. The second-order valence-corrected chi connectivity index (χ2v) is 7.54. The third-order valence-electron chi connectivity index (χ3n) is 5.16. The van der Waals surface area contributed by atoms with Crippen molar-refractivity contribution in [3.05, 3.63) is 22.4 Å². The molecule has 1 aromatic rings. The Kier molecular flexibility index (Phi) is 5.70. The fourth-order valence-electron chi connectivity index (χ4n) is 3.67. The van der Waals surface area contributed by atoms with Gasteiger partial charge < -0.3 is 9.80 Å². The Hall–Kier alpha value is -1.36. The van der Waals surface area contributed by atoms with Crippen LogP contribution in [0.25, 0.3) is 0 Å². The summed E-state index contributed by atoms with van der Waals surface area (Å²) in [6.07, 6.45) is 7.51. The highest BCUT2D eigenvalue weighted by molar-refractivity contribution is 7.07. The lowest BCUT2D eigenvalue weighted by atomic mass is 10.0. The maximum absolute atomic E-state index is 12.3. The van der Waals surface area contributed by atoms with Gasteiger partial charge in [0.1, 0.15) is 0 Å². The first kappa shape index (κ1) is 16.5. The Bertz CT molecular complexity index is 515. The Balaban J connectivity index is 1.39. The number of amides is 2. The number of piperazine rings is 1. The van der Waals surface area contributed by atoms with Crippen molar-refractivity contribution in [3.63, 3.8) is 0 Å². The summed E-state index contributed by atoms with van der Waals surface area (Å²) in [5, 5.41) is 4.03. The number of hydrogen-bond acceptors (Lipinski definition) is 3. The summed E-state index contributed by atoms with van der Waals surface area (Å²) in [6, 6.07) is 2.01. The Morgan fingerprint density at radius 1 is 1.04 bits per heavy atom. The topological polar surface area (TPSA) is 40.6 Å². The van der Waals surface area contributed by atoms with E-state index in [4.69, 9.17) is 0 Å². The molecule has 5 heteroatoms. The molecule has 0 bridgehead atoms. The third kappa shape index (κ3) is 4.56. The molecule has 0 radical (unpaired) electrons. The van der Waals surface area contributed by atoms with Gasteiger partial charge in [-0.25, -0.2) is 0 Å². The highest BCUT2D eigenvalue weighted by atomic mass is 32.1. The minimum Gasteiger partial charge on any atom is -0.339 e. The van der Waals surface area contributed by atoms with E-state index in [1.807, 2.05) is 26.6 Å². The largest absolute Gasteiger partial charge is 0.339 e. The van der Waals surface area contributed by atoms with E-state index in [2.05, 4.69) is 0 Å². The van der Waals surface area contributed by atoms with E-state index in [9.17, 15) is 9.59 Å². The molecule has 1 aliphatic heterocycles. The van der Waals surface area contributed by atoms with Crippen LogP contribution in [0.3, 0.4) is 0 Å². The predicted octanol–water partition coefficient (Wildman–Crippen LogP) is 2.93. The van der Waals surface area contributed by atoms with Gasteiger partial charge >= 0.3 is 0 Å². The molecular formula is C18H26N2O2S. The van der Waals surface area contributed by atoms with Crippen LogP contribution >= 0.6 is 11.3 Å². The molecule has 2 fully saturated rings. The van der Waals surface area contributed by atoms with Gasteiger partial charge in [0.15, 0.2) is 0 Å². The molecule has 1 saturated carbocycles. The molecule has 1 aromatic heterocycles. The standard InChI is InChI=1S/C18H26N2O2S/c21-17(6-5-15-3-1-2-4-15)19-8-10-20(11-9-19)18(22)13-16-7-12-23-14-16/h7,12,14-15H,1-6,8-11,13H2. The lowest BCUT2D eigenvalue weighted by molar-refractivity contribution is -0.139. The highest BCUT2D eigenvalue weighted by Gasteiger charge is 2.25. The summed E-state index contributed by atoms with van der Waals surface area (Å²) in [5.41, 5.74) is 1.09. The number of thiophene rings is 1. The monoisotopic (exact) mass is 334 g/mol. The molecule has 2 heterocycles. The number of rotatable bonds is 5. The van der Waals surface area contributed by atoms with E-state index >= 15 is 0 Å². The van der Waals surface area contributed by atoms with Crippen molar-refractivity contribution in [2.75, 3.05) is 26.2 Å². The van der Waals surface area contributed by atoms with Crippen molar-refractivity contribution < 1.29 is 9.59 Å². The summed E-state index contributed by atoms with van der Waals surface area (Å²) < 4.78 is 0. The van der Waals surface area contributed by atoms with Gasteiger partial charge in [-0.1, -0.05) is 25.7 Å². The van der Waals surface area contributed by atoms with Gasteiger partial charge in [0, 0.05) is 32.6 Å². The molecule has 2 amide bonds. The first-order chi connectivity index (χ1) is 11.2. The van der Waals surface area contributed by atoms with Crippen LogP contribution in [0.4, 0.5) is 0 Å². The van der Waals surface area contributed by atoms with Gasteiger partial charge in [-0.3, -0.25) is 9.59 Å². The normalized spacial score (nSPS) is 19.3. The lowest BCUT2D eigenvalue weighted by Gasteiger charge is -2.35. The van der Waals surface area contributed by atoms with E-state index in [1.54, 1.807) is 11.3 Å². The van der Waals surface area contributed by atoms with Crippen molar-refractivity contribution in [2.45, 2.75) is 44.9 Å². The van der Waals surface area contributed by atoms with Gasteiger partial charge in [-0.2, -0.15) is 11.3 Å². The van der Waals surface area contributed by atoms with Crippen molar-refractivity contribution >= 4 is 23.2 Å². The van der Waals surface area contributed by atoms with Crippen LogP contribution in [0.5, 0.6) is 0 Å². The molecule has 4 nitrogen and oxygen atoms in total. The van der Waals surface area contributed by atoms with Gasteiger partial charge in [0.05, 0.1) is 6.42 Å². The lowest BCUT2D eigenvalue weighted by Crippen LogP contribution is -2.51. The average molecular weight is 334 g/mol. The van der Waals surface area contributed by atoms with Crippen LogP contribution < -0.4 is 0 Å². The van der Waals surface area contributed by atoms with Crippen molar-refractivity contribution in [1.29, 1.82) is 0 Å². The fraction of sp³-hybridized carbons (Fsp3) is 0.667. The molecule has 2 aliphatic rings. The molecule has 126 valence electrons. The van der Waals surface area contributed by atoms with Gasteiger partial charge in [-0.05, 0) is 34.7 Å². The average Bonchev–Trinajstić information content (AvgIpc) is 3.26. The van der Waals surface area contributed by atoms with E-state index in [-0.39, 0.29) is 11.8 Å². The van der Waals surface area contributed by atoms with Gasteiger partial charge in [0.2, 0.25) is 11.8 Å². The Morgan fingerprint density at radius 2 is 1.70 bits per heavy atom. The van der Waals surface area contributed by atoms with E-state index in [1.165, 1.54) is 25.7 Å². The second-order valence-electron chi connectivity index (χ2n) is 6.76. The minimum atomic E-state index is 0.182. The van der Waals surface area contributed by atoms with E-state index in [0.717, 1.165) is 17.9 Å². The zero-order chi connectivity index (χ0) is 16.1. The Labute approximate surface area is 142 Å². The fourth-order valence-corrected chi connectivity index (χ4v) is 4.34. The highest BCUT2D eigenvalue weighted by Crippen LogP contribution is 2.28. The minimum absolute atomic E-state index is 0.182. The number of hydrogen-bond donors (Lipinski definition) is 0. The smallest absolute Gasteiger partial charge is 0.227 e. The summed E-state index contributed by atoms with van der Waals surface area (Å²) in [7, 11) is 0. The number of carbonyl (C=O) groups is 2. The van der Waals surface area contributed by atoms with Crippen molar-refractivity contribution in [2.24, 2.45) is 5.92 Å². The first-order valence-electron chi connectivity index (χ1n) is 8.79. The van der Waals surface area contributed by atoms with Crippen molar-refractivity contribution in [1.82, 2.24) is 9.80 Å². The van der Waals surface area contributed by atoms with Crippen LogP contribution in [-0.4, -0.2) is 47.8 Å². The molecular weight excluding hydrogens is 308 g/mol. The Morgan fingerprint density at radius 3 is 2.30 bits per heavy atom. The van der Waals surface area contributed by atoms with Crippen LogP contribution in [0.15, 0.2) is 16.8 Å². The van der Waals surface area contributed by atoms with Crippen molar-refractivity contribution in [3.8, 4) is 0 Å². The molecule has 3 rings (SSSR count). The maximum Gasteiger partial charge on any atom is 0.227 e. The molecule has 1 aliphatic carbocycles. The second kappa shape index (κ2) is 7.95. The summed E-state index contributed by atoms with van der Waals surface area (Å²) >= 11 is 1.62. The summed E-state index contributed by atoms with van der Waals surface area (Å²) in [6.45, 7) is 2.74. The maximum atomic E-state index is 12.3. The molecule has 0 unspecified atom stereocenters. The van der Waals surface area contributed by atoms with Crippen LogP contribution in [-0.2, 0) is 16.0 Å². The van der Waals surface area contributed by atoms with Crippen LogP contribution in [0, 0.1) is 5.92 Å². The molecule has 23 heavy (non-hydrogen) atoms. The first-order valence-corrected chi connectivity index (χ1v) is 9.73. The van der Waals surface area contributed by atoms with Gasteiger partial charge in [0.25, 0.3) is 0 Å². The zero-order valence-electron chi connectivity index (χ0n) is 13.7. The molecule has 0 aromatic carbocycles. The molecule has 0 N–H and O–H groups in total. The van der Waals surface area contributed by atoms with Gasteiger partial charge in [-0.15, -0.1) is 0 Å². The molecule has 0 atom stereocenters. The van der Waals surface area contributed by atoms with E-state index < -0.39 is 0 Å². The van der Waals surface area contributed by atoms with E-state index in [0.29, 0.717) is 39.0 Å². The zero-order valence-corrected chi connectivity index (χ0v) is 14.5. The SMILES string of the molecule is O=C(CCC1CCCC1)N1CCN(C(=O)Cc2ccsc2)CC1. The summed E-state index contributed by atoms with van der Waals surface area (Å²) in [4.78, 5) is 28.4. The summed E-state index contributed by atoms with van der Waals surface area (Å²) in [5.74, 6) is 1.23. The number of nitrogens with zero attached hydrogens (tertiary/aromatic N) is 2. The molecule has 1 saturated heterocycles. The molecule has 0 spiro atoms. The predicted molar refractivity (Wildman–Crippen MR) is 92.4 cm³/mol. The van der Waals surface area contributed by atoms with Crippen LogP contribution in [0.1, 0.15) is 44.1 Å². The van der Waals surface area contributed by atoms with Crippen LogP contribution in [0.2, 0.25) is 0 Å². The third-order valence-corrected chi connectivity index (χ3v) is 5.89.